The van der Waals surface area contributed by atoms with Gasteiger partial charge in [-0.15, -0.1) is 11.3 Å². The fourth-order valence-electron chi connectivity index (χ4n) is 4.52. The van der Waals surface area contributed by atoms with Gasteiger partial charge in [0.25, 0.3) is 5.91 Å². The van der Waals surface area contributed by atoms with Crippen molar-refractivity contribution in [2.75, 3.05) is 6.54 Å². The van der Waals surface area contributed by atoms with Gasteiger partial charge in [-0.2, -0.15) is 5.10 Å². The number of aryl methyl sites for hydroxylation is 1. The Labute approximate surface area is 183 Å². The number of H-pyrrole nitrogens is 1. The van der Waals surface area contributed by atoms with Crippen molar-refractivity contribution in [2.45, 2.75) is 26.4 Å². The van der Waals surface area contributed by atoms with Crippen LogP contribution in [-0.2, 0) is 19.5 Å². The number of pyridine rings is 1. The quantitative estimate of drug-likeness (QED) is 0.447. The van der Waals surface area contributed by atoms with Crippen LogP contribution in [0.5, 0.6) is 0 Å². The van der Waals surface area contributed by atoms with E-state index < -0.39 is 0 Å². The topological polar surface area (TPSA) is 66.8 Å². The van der Waals surface area contributed by atoms with Crippen molar-refractivity contribution in [1.82, 2.24) is 24.6 Å². The number of fused-ring (bicyclic) bond motifs is 4. The molecule has 0 saturated carbocycles. The first kappa shape index (κ1) is 18.3. The highest BCUT2D eigenvalue weighted by Crippen LogP contribution is 2.31. The zero-order valence-corrected chi connectivity index (χ0v) is 17.9. The fourth-order valence-corrected chi connectivity index (χ4v) is 5.20. The van der Waals surface area contributed by atoms with Gasteiger partial charge in [-0.3, -0.25) is 4.79 Å². The fraction of sp³-hybridized carbons (Fsp3) is 0.208. The molecule has 31 heavy (non-hydrogen) atoms. The van der Waals surface area contributed by atoms with Gasteiger partial charge in [0.2, 0.25) is 0 Å². The summed E-state index contributed by atoms with van der Waals surface area (Å²) in [5, 5.41) is 8.52. The minimum absolute atomic E-state index is 0.0387. The third-order valence-corrected chi connectivity index (χ3v) is 6.98. The molecule has 6 nitrogen and oxygen atoms in total. The molecule has 1 aliphatic heterocycles. The summed E-state index contributed by atoms with van der Waals surface area (Å²) in [5.74, 6) is 0.0387. The summed E-state index contributed by atoms with van der Waals surface area (Å²) in [4.78, 5) is 25.1. The Bertz CT molecular complexity index is 1430. The van der Waals surface area contributed by atoms with E-state index in [4.69, 9.17) is 4.98 Å². The van der Waals surface area contributed by atoms with Crippen molar-refractivity contribution < 1.29 is 4.79 Å². The maximum atomic E-state index is 13.8. The Hall–Kier alpha value is -3.45. The molecule has 0 saturated heterocycles. The second kappa shape index (κ2) is 7.06. The van der Waals surface area contributed by atoms with Gasteiger partial charge in [-0.05, 0) is 30.5 Å². The average Bonchev–Trinajstić information content (AvgIpc) is 3.55. The number of benzene rings is 1. The molecule has 5 heterocycles. The molecule has 1 amide bonds. The van der Waals surface area contributed by atoms with Gasteiger partial charge >= 0.3 is 0 Å². The first-order valence-electron chi connectivity index (χ1n) is 10.5. The number of aromatic amines is 1. The SMILES string of the molecule is CCn1ncc2c(C(=O)N3CCc4[nH]c5ccccc5c4C3)cc(-c3cccs3)nc21. The van der Waals surface area contributed by atoms with Crippen molar-refractivity contribution in [3.05, 3.63) is 70.9 Å². The Morgan fingerprint density at radius 2 is 2.10 bits per heavy atom. The molecule has 0 bridgehead atoms. The average molecular weight is 428 g/mol. The van der Waals surface area contributed by atoms with E-state index in [0.717, 1.165) is 33.5 Å². The number of carbonyl (C=O) groups is 1. The van der Waals surface area contributed by atoms with Crippen LogP contribution in [0.4, 0.5) is 0 Å². The zero-order valence-electron chi connectivity index (χ0n) is 17.1. The molecule has 6 rings (SSSR count). The van der Waals surface area contributed by atoms with E-state index in [0.29, 0.717) is 25.2 Å². The van der Waals surface area contributed by atoms with Crippen molar-refractivity contribution in [3.8, 4) is 10.6 Å². The van der Waals surface area contributed by atoms with Gasteiger partial charge < -0.3 is 9.88 Å². The molecule has 0 fully saturated rings. The standard InChI is InChI=1S/C24H21N5OS/c1-2-29-23-17(13-25-29)16(12-21(27-23)22-8-5-11-31-22)24(30)28-10-9-20-18(14-28)15-6-3-4-7-19(15)26-20/h3-8,11-13,26H,2,9-10,14H2,1H3. The van der Waals surface area contributed by atoms with E-state index in [1.165, 1.54) is 16.6 Å². The number of amides is 1. The number of para-hydroxylation sites is 1. The van der Waals surface area contributed by atoms with E-state index >= 15 is 0 Å². The molecule has 1 aliphatic rings. The second-order valence-corrected chi connectivity index (χ2v) is 8.78. The Balaban J connectivity index is 1.44. The van der Waals surface area contributed by atoms with Crippen LogP contribution in [0.3, 0.4) is 0 Å². The van der Waals surface area contributed by atoms with Crippen LogP contribution in [0.1, 0.15) is 28.5 Å². The predicted molar refractivity (Wildman–Crippen MR) is 123 cm³/mol. The van der Waals surface area contributed by atoms with E-state index in [2.05, 4.69) is 28.3 Å². The van der Waals surface area contributed by atoms with Gasteiger partial charge in [-0.1, -0.05) is 24.3 Å². The summed E-state index contributed by atoms with van der Waals surface area (Å²) in [7, 11) is 0. The predicted octanol–water partition coefficient (Wildman–Crippen LogP) is 4.86. The third kappa shape index (κ3) is 2.88. The molecule has 154 valence electrons. The van der Waals surface area contributed by atoms with Crippen LogP contribution in [0.25, 0.3) is 32.5 Å². The van der Waals surface area contributed by atoms with Crippen molar-refractivity contribution in [3.63, 3.8) is 0 Å². The number of nitrogens with one attached hydrogen (secondary N) is 1. The van der Waals surface area contributed by atoms with E-state index in [1.807, 2.05) is 46.2 Å². The molecule has 0 unspecified atom stereocenters. The first-order valence-corrected chi connectivity index (χ1v) is 11.4. The van der Waals surface area contributed by atoms with E-state index in [-0.39, 0.29) is 5.91 Å². The third-order valence-electron chi connectivity index (χ3n) is 6.08. The zero-order chi connectivity index (χ0) is 20.9. The minimum atomic E-state index is 0.0387. The van der Waals surface area contributed by atoms with Crippen LogP contribution in [0.15, 0.2) is 54.0 Å². The molecule has 7 heteroatoms. The lowest BCUT2D eigenvalue weighted by atomic mass is 10.0. The number of aromatic nitrogens is 4. The van der Waals surface area contributed by atoms with Gasteiger partial charge in [0.05, 0.1) is 27.7 Å². The molecule has 0 atom stereocenters. The minimum Gasteiger partial charge on any atom is -0.358 e. The lowest BCUT2D eigenvalue weighted by molar-refractivity contribution is 0.0737. The normalized spacial score (nSPS) is 13.8. The molecular weight excluding hydrogens is 406 g/mol. The Morgan fingerprint density at radius 3 is 2.94 bits per heavy atom. The van der Waals surface area contributed by atoms with Crippen LogP contribution in [0, 0.1) is 0 Å². The highest BCUT2D eigenvalue weighted by molar-refractivity contribution is 7.13. The Kier molecular flexibility index (Phi) is 4.17. The summed E-state index contributed by atoms with van der Waals surface area (Å²) < 4.78 is 1.86. The molecule has 0 radical (unpaired) electrons. The van der Waals surface area contributed by atoms with E-state index in [9.17, 15) is 4.79 Å². The molecule has 0 spiro atoms. The molecular formula is C24H21N5OS. The summed E-state index contributed by atoms with van der Waals surface area (Å²) in [5.41, 5.74) is 5.87. The summed E-state index contributed by atoms with van der Waals surface area (Å²) in [6.45, 7) is 4.05. The van der Waals surface area contributed by atoms with Crippen molar-refractivity contribution >= 4 is 39.2 Å². The van der Waals surface area contributed by atoms with Gasteiger partial charge in [-0.25, -0.2) is 9.67 Å². The highest BCUT2D eigenvalue weighted by Gasteiger charge is 2.27. The van der Waals surface area contributed by atoms with Crippen molar-refractivity contribution in [1.29, 1.82) is 0 Å². The molecule has 1 N–H and O–H groups in total. The van der Waals surface area contributed by atoms with Crippen LogP contribution in [0.2, 0.25) is 0 Å². The Morgan fingerprint density at radius 1 is 1.19 bits per heavy atom. The van der Waals surface area contributed by atoms with Crippen molar-refractivity contribution in [2.24, 2.45) is 0 Å². The van der Waals surface area contributed by atoms with Gasteiger partial charge in [0.15, 0.2) is 5.65 Å². The van der Waals surface area contributed by atoms with Crippen LogP contribution in [-0.4, -0.2) is 37.1 Å². The molecule has 0 aliphatic carbocycles. The first-order chi connectivity index (χ1) is 15.2. The van der Waals surface area contributed by atoms with Gasteiger partial charge in [0, 0.05) is 48.2 Å². The number of hydrogen-bond acceptors (Lipinski definition) is 4. The summed E-state index contributed by atoms with van der Waals surface area (Å²) in [6.07, 6.45) is 2.61. The molecule has 1 aromatic carbocycles. The monoisotopic (exact) mass is 427 g/mol. The van der Waals surface area contributed by atoms with Crippen LogP contribution >= 0.6 is 11.3 Å². The lowest BCUT2D eigenvalue weighted by Gasteiger charge is -2.27. The van der Waals surface area contributed by atoms with E-state index in [1.54, 1.807) is 17.5 Å². The van der Waals surface area contributed by atoms with Gasteiger partial charge in [0.1, 0.15) is 0 Å². The van der Waals surface area contributed by atoms with Crippen LogP contribution < -0.4 is 0 Å². The highest BCUT2D eigenvalue weighted by atomic mass is 32.1. The smallest absolute Gasteiger partial charge is 0.255 e. The number of carbonyl (C=O) groups excluding carboxylic acids is 1. The summed E-state index contributed by atoms with van der Waals surface area (Å²) >= 11 is 1.63. The molecule has 5 aromatic rings. The molecule has 4 aromatic heterocycles. The number of nitrogens with zero attached hydrogens (tertiary/aromatic N) is 4. The maximum absolute atomic E-state index is 13.8. The maximum Gasteiger partial charge on any atom is 0.255 e. The largest absolute Gasteiger partial charge is 0.358 e. The number of hydrogen-bond donors (Lipinski definition) is 1. The lowest BCUT2D eigenvalue weighted by Crippen LogP contribution is -2.36. The second-order valence-electron chi connectivity index (χ2n) is 7.83. The summed E-state index contributed by atoms with van der Waals surface area (Å²) in [6, 6.07) is 14.3. The number of rotatable bonds is 3. The number of thiophene rings is 1.